The summed E-state index contributed by atoms with van der Waals surface area (Å²) in [6.45, 7) is 0.328. The molecule has 9 nitrogen and oxygen atoms in total. The second-order valence-corrected chi connectivity index (χ2v) is 7.36. The van der Waals surface area contributed by atoms with E-state index < -0.39 is 0 Å². The maximum Gasteiger partial charge on any atom is 0.291 e. The summed E-state index contributed by atoms with van der Waals surface area (Å²) < 4.78 is 5.44. The van der Waals surface area contributed by atoms with Crippen LogP contribution < -0.4 is 15.8 Å². The Labute approximate surface area is 190 Å². The van der Waals surface area contributed by atoms with Crippen molar-refractivity contribution in [2.45, 2.75) is 13.1 Å². The number of anilines is 1. The molecule has 0 spiro atoms. The van der Waals surface area contributed by atoms with E-state index in [1.807, 2.05) is 18.2 Å². The van der Waals surface area contributed by atoms with Crippen molar-refractivity contribution in [3.05, 3.63) is 89.9 Å². The van der Waals surface area contributed by atoms with Crippen LogP contribution in [0, 0.1) is 0 Å². The molecule has 0 atom stereocenters. The number of rotatable bonds is 7. The van der Waals surface area contributed by atoms with E-state index in [2.05, 4.69) is 15.7 Å². The van der Waals surface area contributed by atoms with Gasteiger partial charge in [0.05, 0.1) is 18.5 Å². The molecule has 0 saturated carbocycles. The summed E-state index contributed by atoms with van der Waals surface area (Å²) in [5.74, 6) is -0.156. The van der Waals surface area contributed by atoms with Crippen molar-refractivity contribution in [1.82, 2.24) is 15.6 Å². The number of benzene rings is 2. The first-order chi connectivity index (χ1) is 16.0. The van der Waals surface area contributed by atoms with E-state index in [1.54, 1.807) is 66.7 Å². The van der Waals surface area contributed by atoms with Gasteiger partial charge in [0, 0.05) is 19.2 Å². The van der Waals surface area contributed by atoms with Gasteiger partial charge in [-0.15, -0.1) is 0 Å². The Morgan fingerprint density at radius 3 is 2.48 bits per heavy atom. The molecule has 0 bridgehead atoms. The van der Waals surface area contributed by atoms with Gasteiger partial charge in [0.2, 0.25) is 5.84 Å². The van der Waals surface area contributed by atoms with Crippen molar-refractivity contribution in [1.29, 1.82) is 0 Å². The van der Waals surface area contributed by atoms with Gasteiger partial charge in [-0.2, -0.15) is 0 Å². The molecule has 168 valence electrons. The van der Waals surface area contributed by atoms with Crippen molar-refractivity contribution in [2.75, 3.05) is 18.6 Å². The second-order valence-electron chi connectivity index (χ2n) is 7.36. The molecule has 2 N–H and O–H groups in total. The largest absolute Gasteiger partial charge is 0.467 e. The lowest BCUT2D eigenvalue weighted by molar-refractivity contribution is -0.126. The molecular weight excluding hydrogens is 422 g/mol. The summed E-state index contributed by atoms with van der Waals surface area (Å²) in [6.07, 6.45) is 1.54. The smallest absolute Gasteiger partial charge is 0.291 e. The van der Waals surface area contributed by atoms with Gasteiger partial charge < -0.3 is 14.6 Å². The van der Waals surface area contributed by atoms with Crippen LogP contribution in [0.1, 0.15) is 21.7 Å². The molecule has 1 aliphatic rings. The molecular formula is C24H23N5O4. The van der Waals surface area contributed by atoms with Gasteiger partial charge in [0.15, 0.2) is 0 Å². The van der Waals surface area contributed by atoms with E-state index in [4.69, 9.17) is 4.42 Å². The normalized spacial score (nSPS) is 13.2. The highest BCUT2D eigenvalue weighted by atomic mass is 16.3. The Balaban J connectivity index is 1.55. The summed E-state index contributed by atoms with van der Waals surface area (Å²) in [7, 11) is 1.57. The summed E-state index contributed by atoms with van der Waals surface area (Å²) in [4.78, 5) is 43.3. The number of amidine groups is 1. The van der Waals surface area contributed by atoms with Crippen molar-refractivity contribution in [3.8, 4) is 0 Å². The Kier molecular flexibility index (Phi) is 6.49. The number of para-hydroxylation sites is 1. The third-order valence-corrected chi connectivity index (χ3v) is 5.09. The van der Waals surface area contributed by atoms with Crippen molar-refractivity contribution < 1.29 is 18.8 Å². The van der Waals surface area contributed by atoms with Gasteiger partial charge in [-0.1, -0.05) is 30.3 Å². The number of furan rings is 1. The molecule has 9 heteroatoms. The van der Waals surface area contributed by atoms with Gasteiger partial charge >= 0.3 is 0 Å². The number of aliphatic imine (C=N–C) groups is 1. The molecule has 3 amide bonds. The quantitative estimate of drug-likeness (QED) is 0.579. The van der Waals surface area contributed by atoms with Crippen LogP contribution in [0.3, 0.4) is 0 Å². The molecule has 0 radical (unpaired) electrons. The molecule has 33 heavy (non-hydrogen) atoms. The maximum absolute atomic E-state index is 13.4. The summed E-state index contributed by atoms with van der Waals surface area (Å²) in [5, 5.41) is 3.90. The molecule has 2 aromatic carbocycles. The van der Waals surface area contributed by atoms with E-state index in [1.165, 1.54) is 5.01 Å². The summed E-state index contributed by atoms with van der Waals surface area (Å²) in [5.41, 5.74) is 4.83. The third-order valence-electron chi connectivity index (χ3n) is 5.09. The zero-order chi connectivity index (χ0) is 23.2. The zero-order valence-electron chi connectivity index (χ0n) is 18.0. The van der Waals surface area contributed by atoms with E-state index in [-0.39, 0.29) is 43.2 Å². The first-order valence-corrected chi connectivity index (χ1v) is 10.4. The number of hydrogen-bond donors (Lipinski definition) is 2. The summed E-state index contributed by atoms with van der Waals surface area (Å²) >= 11 is 0. The lowest BCUT2D eigenvalue weighted by Gasteiger charge is -2.30. The Morgan fingerprint density at radius 1 is 1.06 bits per heavy atom. The van der Waals surface area contributed by atoms with Gasteiger partial charge in [0.25, 0.3) is 17.7 Å². The van der Waals surface area contributed by atoms with Gasteiger partial charge in [0.1, 0.15) is 12.3 Å². The highest BCUT2D eigenvalue weighted by Crippen LogP contribution is 2.16. The first kappa shape index (κ1) is 21.8. The Morgan fingerprint density at radius 2 is 1.82 bits per heavy atom. The average molecular weight is 445 g/mol. The number of hydrazine groups is 1. The minimum atomic E-state index is -0.379. The van der Waals surface area contributed by atoms with E-state index >= 15 is 0 Å². The zero-order valence-corrected chi connectivity index (χ0v) is 18.0. The molecule has 1 aromatic heterocycles. The lowest BCUT2D eigenvalue weighted by atomic mass is 10.1. The fraction of sp³-hybridized carbons (Fsp3) is 0.167. The minimum Gasteiger partial charge on any atom is -0.467 e. The van der Waals surface area contributed by atoms with Crippen LogP contribution in [0.15, 0.2) is 82.4 Å². The van der Waals surface area contributed by atoms with Crippen LogP contribution in [0.2, 0.25) is 0 Å². The van der Waals surface area contributed by atoms with Crippen molar-refractivity contribution in [3.63, 3.8) is 0 Å². The van der Waals surface area contributed by atoms with Crippen LogP contribution in [-0.2, 0) is 22.7 Å². The molecule has 3 aromatic rings. The lowest BCUT2D eigenvalue weighted by Crippen LogP contribution is -2.56. The number of nitrogens with one attached hydrogen (secondary N) is 2. The Bertz CT molecular complexity index is 1160. The van der Waals surface area contributed by atoms with Gasteiger partial charge in [-0.3, -0.25) is 24.8 Å². The van der Waals surface area contributed by atoms with Crippen molar-refractivity contribution >= 4 is 29.2 Å². The molecule has 0 unspecified atom stereocenters. The van der Waals surface area contributed by atoms with Crippen LogP contribution in [-0.4, -0.2) is 42.0 Å². The highest BCUT2D eigenvalue weighted by Gasteiger charge is 2.29. The SMILES string of the molecule is CNC(=O)c1ccc(CN(Cc2ccco2)C(=O)C2=NCC(=O)N(c3ccccc3)N2)cc1. The topological polar surface area (TPSA) is 107 Å². The maximum atomic E-state index is 13.4. The Hall–Kier alpha value is -4.40. The highest BCUT2D eigenvalue weighted by molar-refractivity contribution is 6.39. The minimum absolute atomic E-state index is 0.0620. The number of carbonyl (C=O) groups excluding carboxylic acids is 3. The average Bonchev–Trinajstić information content (AvgIpc) is 3.37. The predicted molar refractivity (Wildman–Crippen MR) is 122 cm³/mol. The van der Waals surface area contributed by atoms with E-state index in [0.29, 0.717) is 17.0 Å². The summed E-state index contributed by atoms with van der Waals surface area (Å²) in [6, 6.07) is 19.5. The van der Waals surface area contributed by atoms with Crippen LogP contribution in [0.5, 0.6) is 0 Å². The predicted octanol–water partition coefficient (Wildman–Crippen LogP) is 2.12. The van der Waals surface area contributed by atoms with E-state index in [9.17, 15) is 14.4 Å². The molecule has 0 saturated heterocycles. The second kappa shape index (κ2) is 9.82. The monoisotopic (exact) mass is 445 g/mol. The van der Waals surface area contributed by atoms with E-state index in [0.717, 1.165) is 5.56 Å². The fourth-order valence-corrected chi connectivity index (χ4v) is 3.39. The molecule has 1 aliphatic heterocycles. The molecule has 0 fully saturated rings. The number of carbonyl (C=O) groups is 3. The van der Waals surface area contributed by atoms with Crippen LogP contribution in [0.25, 0.3) is 0 Å². The molecule has 2 heterocycles. The number of nitrogens with zero attached hydrogens (tertiary/aromatic N) is 3. The van der Waals surface area contributed by atoms with Crippen molar-refractivity contribution in [2.24, 2.45) is 4.99 Å². The third kappa shape index (κ3) is 5.09. The van der Waals surface area contributed by atoms with Crippen LogP contribution in [0.4, 0.5) is 5.69 Å². The molecule has 4 rings (SSSR count). The van der Waals surface area contributed by atoms with Gasteiger partial charge in [-0.05, 0) is 42.0 Å². The number of amides is 3. The van der Waals surface area contributed by atoms with Crippen LogP contribution >= 0.6 is 0 Å². The fourth-order valence-electron chi connectivity index (χ4n) is 3.39. The number of hydrogen-bond acceptors (Lipinski definition) is 6. The van der Waals surface area contributed by atoms with Gasteiger partial charge in [-0.25, -0.2) is 5.01 Å². The standard InChI is InChI=1S/C24H23N5O4/c1-25-23(31)18-11-9-17(10-12-18)15-28(16-20-8-5-13-33-20)24(32)22-26-14-21(30)29(27-22)19-6-3-2-4-7-19/h2-13H,14-16H2,1H3,(H,25,31)(H,26,27). The first-order valence-electron chi connectivity index (χ1n) is 10.4. The molecule has 0 aliphatic carbocycles.